The van der Waals surface area contributed by atoms with Gasteiger partial charge in [-0.15, -0.1) is 0 Å². The topological polar surface area (TPSA) is 156 Å². The van der Waals surface area contributed by atoms with Gasteiger partial charge in [0.2, 0.25) is 0 Å². The van der Waals surface area contributed by atoms with Gasteiger partial charge in [-0.2, -0.15) is 5.10 Å². The molecule has 0 aliphatic heterocycles. The van der Waals surface area contributed by atoms with Gasteiger partial charge in [-0.25, -0.2) is 24.6 Å². The highest BCUT2D eigenvalue weighted by Gasteiger charge is 2.24. The molecule has 1 aromatic carbocycles. The molecule has 0 fully saturated rings. The summed E-state index contributed by atoms with van der Waals surface area (Å²) in [5, 5.41) is 12.0. The summed E-state index contributed by atoms with van der Waals surface area (Å²) in [6.45, 7) is 27.6. The predicted molar refractivity (Wildman–Crippen MR) is 245 cm³/mol. The summed E-state index contributed by atoms with van der Waals surface area (Å²) in [6, 6.07) is 7.71. The normalized spacial score (nSPS) is 12.6. The third-order valence-corrected chi connectivity index (χ3v) is 12.8. The molecule has 18 heteroatoms. The number of nitrogens with one attached hydrogen (secondary N) is 2. The monoisotopic (exact) mass is 924 g/mol. The van der Waals surface area contributed by atoms with Crippen LogP contribution in [-0.2, 0) is 22.9 Å². The van der Waals surface area contributed by atoms with E-state index in [-0.39, 0.29) is 22.9 Å². The third kappa shape index (κ3) is 13.0. The van der Waals surface area contributed by atoms with Gasteiger partial charge in [-0.3, -0.25) is 9.59 Å². The second-order valence-corrected chi connectivity index (χ2v) is 31.6. The Bertz CT molecular complexity index is 2440. The maximum absolute atomic E-state index is 13.1. The predicted octanol–water partition coefficient (Wildman–Crippen LogP) is 9.30. The molecule has 318 valence electrons. The number of fused-ring (bicyclic) bond motifs is 3. The molecule has 5 heterocycles. The van der Waals surface area contributed by atoms with Crippen LogP contribution >= 0.6 is 27.5 Å². The first-order chi connectivity index (χ1) is 27.4. The zero-order valence-electron chi connectivity index (χ0n) is 36.3. The number of halogens is 2. The van der Waals surface area contributed by atoms with Crippen molar-refractivity contribution in [3.8, 4) is 5.82 Å². The lowest BCUT2D eigenvalue weighted by atomic mass is 10.1. The van der Waals surface area contributed by atoms with Crippen LogP contribution < -0.4 is 10.6 Å². The van der Waals surface area contributed by atoms with Crippen LogP contribution in [0.3, 0.4) is 0 Å². The molecule has 0 spiro atoms. The molecule has 0 bridgehead atoms. The van der Waals surface area contributed by atoms with Crippen molar-refractivity contribution in [2.75, 3.05) is 13.2 Å². The van der Waals surface area contributed by atoms with E-state index in [1.54, 1.807) is 35.7 Å². The first-order valence-electron chi connectivity index (χ1n) is 19.7. The molecular formula is C41H58BrClN10O4Si2. The molecule has 0 aliphatic rings. The van der Waals surface area contributed by atoms with Crippen molar-refractivity contribution in [2.45, 2.75) is 117 Å². The van der Waals surface area contributed by atoms with Gasteiger partial charge < -0.3 is 29.2 Å². The quantitative estimate of drug-likeness (QED) is 0.0852. The SMILES string of the molecule is CC(C)(C)NC(=O)c1cn(COCC[Si](C)(C)C)c2ncc(-n3ncc4cc(Cl)ccc43)nc12.CC(C)(C)NC(=O)c1cn(COCC[Si](C)(C)C)c2ncc(Br)nc12. The highest BCUT2D eigenvalue weighted by atomic mass is 79.9. The molecule has 0 unspecified atom stereocenters. The standard InChI is InChI=1S/C24H31ClN6O2Si.C17H27BrN4O2Si/c1-24(2,3)29-23(32)18-14-30(15-33-9-10-34(4,5)6)22-21(18)28-20(13-26-22)31-19-8-7-17(25)11-16(19)12-27-31;1-17(2,3)21-16(23)12-10-22(11-24-7-8-25(4,5)6)15-14(12)20-13(18)9-19-15/h7-8,11-14H,9-10,15H2,1-6H3,(H,29,32);9-10H,7-8,11H2,1-6H3,(H,21,23). The Morgan fingerprint density at radius 3 is 1.73 bits per heavy atom. The summed E-state index contributed by atoms with van der Waals surface area (Å²) < 4.78 is 17.7. The molecule has 0 aliphatic carbocycles. The highest BCUT2D eigenvalue weighted by Crippen LogP contribution is 2.25. The fraction of sp³-hybridized carbons (Fsp3) is 0.488. The van der Waals surface area contributed by atoms with Gasteiger partial charge in [-0.05, 0) is 87.8 Å². The minimum absolute atomic E-state index is 0.161. The van der Waals surface area contributed by atoms with Gasteiger partial charge >= 0.3 is 0 Å². The van der Waals surface area contributed by atoms with Gasteiger partial charge in [0.25, 0.3) is 11.8 Å². The average Bonchev–Trinajstić information content (AvgIpc) is 3.79. The molecule has 59 heavy (non-hydrogen) atoms. The van der Waals surface area contributed by atoms with E-state index in [9.17, 15) is 9.59 Å². The van der Waals surface area contributed by atoms with Crippen molar-refractivity contribution in [1.29, 1.82) is 0 Å². The maximum Gasteiger partial charge on any atom is 0.255 e. The van der Waals surface area contributed by atoms with E-state index in [4.69, 9.17) is 26.1 Å². The molecule has 14 nitrogen and oxygen atoms in total. The zero-order valence-corrected chi connectivity index (χ0v) is 40.7. The third-order valence-electron chi connectivity index (χ3n) is 8.76. The number of aromatic nitrogens is 8. The molecule has 6 aromatic rings. The van der Waals surface area contributed by atoms with Crippen LogP contribution in [0.4, 0.5) is 0 Å². The van der Waals surface area contributed by atoms with Crippen LogP contribution in [0.15, 0.2) is 53.8 Å². The molecule has 6 rings (SSSR count). The second-order valence-electron chi connectivity index (χ2n) is 19.2. The molecule has 0 saturated heterocycles. The number of carbonyl (C=O) groups is 2. The zero-order chi connectivity index (χ0) is 43.5. The fourth-order valence-electron chi connectivity index (χ4n) is 5.79. The van der Waals surface area contributed by atoms with Crippen LogP contribution in [0.1, 0.15) is 62.3 Å². The van der Waals surface area contributed by atoms with Crippen molar-refractivity contribution in [3.63, 3.8) is 0 Å². The number of hydrogen-bond donors (Lipinski definition) is 2. The Balaban J connectivity index is 0.000000236. The molecule has 0 radical (unpaired) electrons. The summed E-state index contributed by atoms with van der Waals surface area (Å²) in [5.41, 5.74) is 3.43. The summed E-state index contributed by atoms with van der Waals surface area (Å²) in [4.78, 5) is 44.1. The van der Waals surface area contributed by atoms with Gasteiger partial charge in [0.15, 0.2) is 17.1 Å². The van der Waals surface area contributed by atoms with E-state index in [0.29, 0.717) is 75.6 Å². The molecule has 0 atom stereocenters. The Hall–Kier alpha value is -4.01. The van der Waals surface area contributed by atoms with E-state index in [1.807, 2.05) is 68.9 Å². The number of hydrogen-bond acceptors (Lipinski definition) is 9. The summed E-state index contributed by atoms with van der Waals surface area (Å²) in [7, 11) is -2.33. The van der Waals surface area contributed by atoms with Crippen molar-refractivity contribution in [1.82, 2.24) is 49.5 Å². The van der Waals surface area contributed by atoms with Crippen molar-refractivity contribution < 1.29 is 19.1 Å². The van der Waals surface area contributed by atoms with Gasteiger partial charge in [0.05, 0.1) is 35.2 Å². The van der Waals surface area contributed by atoms with Gasteiger partial charge in [-0.1, -0.05) is 50.9 Å². The summed E-state index contributed by atoms with van der Waals surface area (Å²) in [6.07, 6.45) is 8.56. The van der Waals surface area contributed by atoms with E-state index in [0.717, 1.165) is 23.0 Å². The molecule has 2 N–H and O–H groups in total. The Morgan fingerprint density at radius 2 is 1.24 bits per heavy atom. The first kappa shape index (κ1) is 46.1. The minimum Gasteiger partial charge on any atom is -0.361 e. The smallest absolute Gasteiger partial charge is 0.255 e. The Labute approximate surface area is 362 Å². The number of rotatable bonds is 13. The maximum atomic E-state index is 13.1. The largest absolute Gasteiger partial charge is 0.361 e. The molecular weight excluding hydrogens is 868 g/mol. The van der Waals surface area contributed by atoms with E-state index in [1.165, 1.54) is 0 Å². The number of ether oxygens (including phenoxy) is 2. The lowest BCUT2D eigenvalue weighted by Gasteiger charge is -2.20. The number of benzene rings is 1. The lowest BCUT2D eigenvalue weighted by molar-refractivity contribution is 0.0879. The molecule has 0 saturated carbocycles. The summed E-state index contributed by atoms with van der Waals surface area (Å²) in [5.74, 6) is 0.152. The number of nitrogens with zero attached hydrogens (tertiary/aromatic N) is 8. The minimum atomic E-state index is -1.20. The Morgan fingerprint density at radius 1 is 0.746 bits per heavy atom. The van der Waals surface area contributed by atoms with Crippen LogP contribution in [0.2, 0.25) is 56.4 Å². The first-order valence-corrected chi connectivity index (χ1v) is 28.3. The van der Waals surface area contributed by atoms with Gasteiger partial charge in [0, 0.05) is 63.2 Å². The molecule has 5 aromatic heterocycles. The van der Waals surface area contributed by atoms with Crippen molar-refractivity contribution >= 4 is 88.7 Å². The lowest BCUT2D eigenvalue weighted by Crippen LogP contribution is -2.40. The van der Waals surface area contributed by atoms with Crippen LogP contribution in [0.5, 0.6) is 0 Å². The van der Waals surface area contributed by atoms with Crippen LogP contribution in [-0.4, -0.2) is 91.1 Å². The number of carbonyl (C=O) groups excluding carboxylic acids is 2. The fourth-order valence-corrected chi connectivity index (χ4v) is 7.76. The number of amides is 2. The average molecular weight is 927 g/mol. The summed E-state index contributed by atoms with van der Waals surface area (Å²) >= 11 is 9.45. The highest BCUT2D eigenvalue weighted by molar-refractivity contribution is 9.10. The Kier molecular flexibility index (Phi) is 14.3. The van der Waals surface area contributed by atoms with E-state index >= 15 is 0 Å². The van der Waals surface area contributed by atoms with Crippen LogP contribution in [0.25, 0.3) is 39.0 Å². The van der Waals surface area contributed by atoms with Gasteiger partial charge in [0.1, 0.15) is 29.1 Å². The van der Waals surface area contributed by atoms with E-state index < -0.39 is 16.1 Å². The van der Waals surface area contributed by atoms with Crippen molar-refractivity contribution in [2.24, 2.45) is 0 Å². The van der Waals surface area contributed by atoms with Crippen molar-refractivity contribution in [3.05, 3.63) is 69.9 Å². The van der Waals surface area contributed by atoms with Crippen LogP contribution in [0, 0.1) is 0 Å². The van der Waals surface area contributed by atoms with E-state index in [2.05, 4.69) is 85.9 Å². The second kappa shape index (κ2) is 18.3. The molecule has 2 amide bonds.